The first-order valence-electron chi connectivity index (χ1n) is 7.38. The minimum atomic E-state index is -4.65. The molecule has 0 spiro atoms. The number of urea groups is 1. The molecular weight excluding hydrogens is 317 g/mol. The zero-order valence-electron chi connectivity index (χ0n) is 13.4. The molecule has 0 bridgehead atoms. The van der Waals surface area contributed by atoms with Gasteiger partial charge in [-0.3, -0.25) is 4.79 Å². The Kier molecular flexibility index (Phi) is 6.26. The van der Waals surface area contributed by atoms with Gasteiger partial charge < -0.3 is 20.1 Å². The van der Waals surface area contributed by atoms with E-state index in [9.17, 15) is 22.8 Å². The van der Waals surface area contributed by atoms with E-state index in [2.05, 4.69) is 5.32 Å². The fraction of sp³-hybridized carbons (Fsp3) is 0.857. The van der Waals surface area contributed by atoms with Crippen LogP contribution >= 0.6 is 0 Å². The SMILES string of the molecule is CCOCC(C)(C)CNC(=O)N1C[C@@H](C(F)(F)F)[C@H](C(=O)O)C1. The van der Waals surface area contributed by atoms with Gasteiger partial charge in [0.1, 0.15) is 0 Å². The Balaban J connectivity index is 2.63. The van der Waals surface area contributed by atoms with Crippen LogP contribution in [0.25, 0.3) is 0 Å². The highest BCUT2D eigenvalue weighted by molar-refractivity contribution is 5.77. The minimum absolute atomic E-state index is 0.219. The third-order valence-electron chi connectivity index (χ3n) is 3.76. The van der Waals surface area contributed by atoms with E-state index in [0.29, 0.717) is 13.2 Å². The number of halogens is 3. The third kappa shape index (κ3) is 5.56. The maximum absolute atomic E-state index is 12.9. The molecule has 0 saturated carbocycles. The summed E-state index contributed by atoms with van der Waals surface area (Å²) in [6.45, 7) is 5.59. The van der Waals surface area contributed by atoms with Crippen LogP contribution < -0.4 is 5.32 Å². The number of rotatable bonds is 6. The summed E-state index contributed by atoms with van der Waals surface area (Å²) in [5.41, 5.74) is -0.374. The van der Waals surface area contributed by atoms with Crippen LogP contribution in [0.5, 0.6) is 0 Å². The van der Waals surface area contributed by atoms with Crippen LogP contribution in [0.1, 0.15) is 20.8 Å². The third-order valence-corrected chi connectivity index (χ3v) is 3.76. The molecule has 6 nitrogen and oxygen atoms in total. The second-order valence-electron chi connectivity index (χ2n) is 6.46. The zero-order valence-corrected chi connectivity index (χ0v) is 13.4. The number of nitrogens with zero attached hydrogens (tertiary/aromatic N) is 1. The lowest BCUT2D eigenvalue weighted by Gasteiger charge is -2.26. The second-order valence-corrected chi connectivity index (χ2v) is 6.46. The van der Waals surface area contributed by atoms with E-state index in [1.807, 2.05) is 20.8 Å². The van der Waals surface area contributed by atoms with Crippen LogP contribution in [-0.2, 0) is 9.53 Å². The molecule has 1 saturated heterocycles. The van der Waals surface area contributed by atoms with Gasteiger partial charge in [0.2, 0.25) is 0 Å². The van der Waals surface area contributed by atoms with Gasteiger partial charge in [0.05, 0.1) is 18.4 Å². The predicted octanol–water partition coefficient (Wildman–Crippen LogP) is 1.95. The minimum Gasteiger partial charge on any atom is -0.481 e. The number of likely N-dealkylation sites (tertiary alicyclic amines) is 1. The molecule has 134 valence electrons. The van der Waals surface area contributed by atoms with Crippen molar-refractivity contribution in [2.75, 3.05) is 32.8 Å². The summed E-state index contributed by atoms with van der Waals surface area (Å²) >= 11 is 0. The number of carbonyl (C=O) groups excluding carboxylic acids is 1. The van der Waals surface area contributed by atoms with Crippen molar-refractivity contribution in [2.45, 2.75) is 26.9 Å². The average Bonchev–Trinajstić information content (AvgIpc) is 2.88. The van der Waals surface area contributed by atoms with Crippen LogP contribution in [0.15, 0.2) is 0 Å². The maximum Gasteiger partial charge on any atom is 0.394 e. The van der Waals surface area contributed by atoms with Crippen molar-refractivity contribution in [3.63, 3.8) is 0 Å². The smallest absolute Gasteiger partial charge is 0.394 e. The summed E-state index contributed by atoms with van der Waals surface area (Å²) in [5.74, 6) is -5.21. The first kappa shape index (κ1) is 19.5. The van der Waals surface area contributed by atoms with E-state index >= 15 is 0 Å². The Bertz CT molecular complexity index is 440. The number of carbonyl (C=O) groups is 2. The zero-order chi connectivity index (χ0) is 17.8. The van der Waals surface area contributed by atoms with E-state index in [1.54, 1.807) is 0 Å². The molecule has 9 heteroatoms. The molecule has 23 heavy (non-hydrogen) atoms. The number of hydrogen-bond donors (Lipinski definition) is 2. The summed E-state index contributed by atoms with van der Waals surface area (Å²) in [6, 6.07) is -0.687. The summed E-state index contributed by atoms with van der Waals surface area (Å²) in [6.07, 6.45) is -4.65. The van der Waals surface area contributed by atoms with Crippen molar-refractivity contribution in [1.82, 2.24) is 10.2 Å². The number of ether oxygens (including phenoxy) is 1. The topological polar surface area (TPSA) is 78.9 Å². The molecule has 0 aromatic carbocycles. The van der Waals surface area contributed by atoms with Gasteiger partial charge in [0.25, 0.3) is 0 Å². The summed E-state index contributed by atoms with van der Waals surface area (Å²) in [4.78, 5) is 23.9. The van der Waals surface area contributed by atoms with Crippen molar-refractivity contribution < 1.29 is 32.6 Å². The summed E-state index contributed by atoms with van der Waals surface area (Å²) in [5, 5.41) is 11.5. The molecule has 0 radical (unpaired) electrons. The highest BCUT2D eigenvalue weighted by Crippen LogP contribution is 2.37. The van der Waals surface area contributed by atoms with Crippen molar-refractivity contribution in [3.05, 3.63) is 0 Å². The van der Waals surface area contributed by atoms with Crippen LogP contribution in [0, 0.1) is 17.3 Å². The number of aliphatic carboxylic acids is 1. The lowest BCUT2D eigenvalue weighted by Crippen LogP contribution is -2.44. The molecule has 0 unspecified atom stereocenters. The molecular formula is C14H23F3N2O4. The maximum atomic E-state index is 12.9. The largest absolute Gasteiger partial charge is 0.481 e. The molecule has 1 aliphatic heterocycles. The summed E-state index contributed by atoms with van der Waals surface area (Å²) < 4.78 is 43.9. The lowest BCUT2D eigenvalue weighted by atomic mass is 9.95. The molecule has 0 aromatic heterocycles. The molecule has 2 N–H and O–H groups in total. The molecule has 1 aliphatic rings. The lowest BCUT2D eigenvalue weighted by molar-refractivity contribution is -0.187. The standard InChI is InChI=1S/C14H23F3N2O4/c1-4-23-8-13(2,3)7-18-12(22)19-5-9(11(20)21)10(6-19)14(15,16)17/h9-10H,4-8H2,1-3H3,(H,18,22)(H,20,21)/t9-,10-/m1/s1. The van der Waals surface area contributed by atoms with Gasteiger partial charge in [-0.15, -0.1) is 0 Å². The van der Waals surface area contributed by atoms with Gasteiger partial charge >= 0.3 is 18.2 Å². The van der Waals surface area contributed by atoms with E-state index < -0.39 is 43.1 Å². The van der Waals surface area contributed by atoms with Gasteiger partial charge in [0, 0.05) is 31.7 Å². The average molecular weight is 340 g/mol. The van der Waals surface area contributed by atoms with Gasteiger partial charge in [-0.1, -0.05) is 13.8 Å². The van der Waals surface area contributed by atoms with E-state index in [0.717, 1.165) is 4.90 Å². The van der Waals surface area contributed by atoms with Crippen molar-refractivity contribution in [1.29, 1.82) is 0 Å². The van der Waals surface area contributed by atoms with Crippen molar-refractivity contribution >= 4 is 12.0 Å². The van der Waals surface area contributed by atoms with Gasteiger partial charge in [-0.05, 0) is 6.92 Å². The number of amides is 2. The van der Waals surface area contributed by atoms with Gasteiger partial charge in [-0.25, -0.2) is 4.79 Å². The summed E-state index contributed by atoms with van der Waals surface area (Å²) in [7, 11) is 0. The molecule has 1 fully saturated rings. The Morgan fingerprint density at radius 1 is 1.30 bits per heavy atom. The van der Waals surface area contributed by atoms with Crippen molar-refractivity contribution in [2.24, 2.45) is 17.3 Å². The van der Waals surface area contributed by atoms with Gasteiger partial charge in [0.15, 0.2) is 0 Å². The van der Waals surface area contributed by atoms with E-state index in [4.69, 9.17) is 9.84 Å². The number of carboxylic acid groups (broad SMARTS) is 1. The second kappa shape index (κ2) is 7.37. The fourth-order valence-electron chi connectivity index (χ4n) is 2.41. The highest BCUT2D eigenvalue weighted by Gasteiger charge is 2.53. The van der Waals surface area contributed by atoms with Crippen LogP contribution in [-0.4, -0.2) is 61.0 Å². The fourth-order valence-corrected chi connectivity index (χ4v) is 2.41. The number of hydrogen-bond acceptors (Lipinski definition) is 3. The van der Waals surface area contributed by atoms with Crippen LogP contribution in [0.4, 0.5) is 18.0 Å². The van der Waals surface area contributed by atoms with Crippen LogP contribution in [0.3, 0.4) is 0 Å². The van der Waals surface area contributed by atoms with Gasteiger partial charge in [-0.2, -0.15) is 13.2 Å². The van der Waals surface area contributed by atoms with E-state index in [-0.39, 0.29) is 12.0 Å². The van der Waals surface area contributed by atoms with E-state index in [1.165, 1.54) is 0 Å². The molecule has 1 rings (SSSR count). The molecule has 0 aromatic rings. The quantitative estimate of drug-likeness (QED) is 0.775. The number of alkyl halides is 3. The first-order valence-corrected chi connectivity index (χ1v) is 7.38. The molecule has 2 atom stereocenters. The predicted molar refractivity (Wildman–Crippen MR) is 75.9 cm³/mol. The molecule has 0 aliphatic carbocycles. The number of nitrogens with one attached hydrogen (secondary N) is 1. The van der Waals surface area contributed by atoms with Crippen molar-refractivity contribution in [3.8, 4) is 0 Å². The molecule has 1 heterocycles. The Morgan fingerprint density at radius 3 is 2.35 bits per heavy atom. The highest BCUT2D eigenvalue weighted by atomic mass is 19.4. The molecule has 2 amide bonds. The monoisotopic (exact) mass is 340 g/mol. The Labute approximate surface area is 133 Å². The van der Waals surface area contributed by atoms with Crippen LogP contribution in [0.2, 0.25) is 0 Å². The first-order chi connectivity index (χ1) is 10.5. The Hall–Kier alpha value is -1.51. The Morgan fingerprint density at radius 2 is 1.91 bits per heavy atom. The number of carboxylic acids is 1. The normalized spacial score (nSPS) is 22.3.